The number of aromatic nitrogens is 2. The number of nitrogen functional groups attached to an aromatic ring is 1. The van der Waals surface area contributed by atoms with Crippen molar-refractivity contribution in [2.45, 2.75) is 0 Å². The van der Waals surface area contributed by atoms with E-state index in [1.165, 1.54) is 12.3 Å². The summed E-state index contributed by atoms with van der Waals surface area (Å²) in [5, 5.41) is 21.3. The van der Waals surface area contributed by atoms with Crippen molar-refractivity contribution in [2.24, 2.45) is 5.10 Å². The van der Waals surface area contributed by atoms with Crippen molar-refractivity contribution >= 4 is 23.6 Å². The highest BCUT2D eigenvalue weighted by Gasteiger charge is 2.17. The molecule has 0 saturated carbocycles. The second-order valence-electron chi connectivity index (χ2n) is 4.67. The van der Waals surface area contributed by atoms with Crippen LogP contribution in [0.4, 0.5) is 11.5 Å². The predicted octanol–water partition coefficient (Wildman–Crippen LogP) is 1.58. The van der Waals surface area contributed by atoms with Gasteiger partial charge in [0.25, 0.3) is 11.6 Å². The van der Waals surface area contributed by atoms with Crippen LogP contribution in [-0.4, -0.2) is 27.4 Å². The largest absolute Gasteiger partial charge is 0.455 e. The molecule has 0 saturated heterocycles. The lowest BCUT2D eigenvalue weighted by molar-refractivity contribution is -0.384. The number of para-hydroxylation sites is 1. The van der Waals surface area contributed by atoms with Crippen molar-refractivity contribution in [1.29, 1.82) is 0 Å². The molecule has 0 aliphatic carbocycles. The Hall–Kier alpha value is -4.02. The smallest absolute Gasteiger partial charge is 0.297 e. The summed E-state index contributed by atoms with van der Waals surface area (Å²) < 4.78 is 9.78. The van der Waals surface area contributed by atoms with Crippen LogP contribution >= 0.6 is 0 Å². The quantitative estimate of drug-likeness (QED) is 0.401. The highest BCUT2D eigenvalue weighted by atomic mass is 16.6. The summed E-state index contributed by atoms with van der Waals surface area (Å²) in [7, 11) is 0. The number of benzene rings is 1. The van der Waals surface area contributed by atoms with E-state index in [2.05, 4.69) is 25.5 Å². The molecular formula is C14H10N6O5. The predicted molar refractivity (Wildman–Crippen MR) is 84.6 cm³/mol. The highest BCUT2D eigenvalue weighted by molar-refractivity contribution is 5.96. The zero-order chi connectivity index (χ0) is 17.8. The van der Waals surface area contributed by atoms with E-state index in [-0.39, 0.29) is 23.0 Å². The van der Waals surface area contributed by atoms with Gasteiger partial charge in [0.05, 0.1) is 16.7 Å². The fourth-order valence-corrected chi connectivity index (χ4v) is 1.97. The molecular weight excluding hydrogens is 332 g/mol. The molecule has 11 heteroatoms. The number of furan rings is 1. The molecule has 0 bridgehead atoms. The number of nitrogens with one attached hydrogen (secondary N) is 1. The summed E-state index contributed by atoms with van der Waals surface area (Å²) in [5.74, 6) is -0.297. The zero-order valence-electron chi connectivity index (χ0n) is 12.4. The average Bonchev–Trinajstić information content (AvgIpc) is 3.23. The van der Waals surface area contributed by atoms with E-state index < -0.39 is 10.8 Å². The first-order chi connectivity index (χ1) is 12.1. The van der Waals surface area contributed by atoms with E-state index >= 15 is 0 Å². The molecule has 25 heavy (non-hydrogen) atoms. The first-order valence-corrected chi connectivity index (χ1v) is 6.81. The van der Waals surface area contributed by atoms with Crippen molar-refractivity contribution in [3.8, 4) is 11.3 Å². The number of rotatable bonds is 5. The highest BCUT2D eigenvalue weighted by Crippen LogP contribution is 2.30. The lowest BCUT2D eigenvalue weighted by atomic mass is 10.1. The zero-order valence-corrected chi connectivity index (χ0v) is 12.4. The van der Waals surface area contributed by atoms with Gasteiger partial charge in [-0.05, 0) is 28.5 Å². The summed E-state index contributed by atoms with van der Waals surface area (Å²) in [6, 6.07) is 9.28. The number of hydrazone groups is 1. The Morgan fingerprint density at radius 1 is 1.28 bits per heavy atom. The number of nitro benzene ring substituents is 1. The van der Waals surface area contributed by atoms with Crippen molar-refractivity contribution < 1.29 is 18.8 Å². The number of anilines is 1. The molecule has 2 aromatic heterocycles. The van der Waals surface area contributed by atoms with E-state index in [0.717, 1.165) is 0 Å². The van der Waals surface area contributed by atoms with Crippen molar-refractivity contribution in [3.63, 3.8) is 0 Å². The van der Waals surface area contributed by atoms with Gasteiger partial charge in [-0.1, -0.05) is 12.1 Å². The molecule has 1 amide bonds. The number of carbonyl (C=O) groups is 1. The van der Waals surface area contributed by atoms with Crippen LogP contribution in [-0.2, 0) is 0 Å². The van der Waals surface area contributed by atoms with Crippen LogP contribution in [0.1, 0.15) is 16.2 Å². The van der Waals surface area contributed by atoms with E-state index in [0.29, 0.717) is 11.3 Å². The van der Waals surface area contributed by atoms with E-state index in [1.807, 2.05) is 0 Å². The molecule has 2 heterocycles. The molecule has 0 radical (unpaired) electrons. The van der Waals surface area contributed by atoms with Crippen molar-refractivity contribution in [1.82, 2.24) is 15.7 Å². The fourth-order valence-electron chi connectivity index (χ4n) is 1.97. The number of carbonyl (C=O) groups excluding carboxylic acids is 1. The molecule has 3 N–H and O–H groups in total. The van der Waals surface area contributed by atoms with Gasteiger partial charge < -0.3 is 10.2 Å². The van der Waals surface area contributed by atoms with E-state index in [4.69, 9.17) is 10.2 Å². The Labute approximate surface area is 139 Å². The summed E-state index contributed by atoms with van der Waals surface area (Å²) in [5.41, 5.74) is 7.60. The Kier molecular flexibility index (Phi) is 4.20. The summed E-state index contributed by atoms with van der Waals surface area (Å²) in [4.78, 5) is 22.2. The maximum Gasteiger partial charge on any atom is 0.297 e. The lowest BCUT2D eigenvalue weighted by Crippen LogP contribution is -2.19. The number of amides is 1. The minimum atomic E-state index is -0.708. The minimum Gasteiger partial charge on any atom is -0.455 e. The molecule has 3 aromatic rings. The average molecular weight is 342 g/mol. The molecule has 126 valence electrons. The molecule has 0 fully saturated rings. The Balaban J connectivity index is 1.73. The number of hydrogen-bond donors (Lipinski definition) is 2. The number of nitrogens with zero attached hydrogens (tertiary/aromatic N) is 4. The second kappa shape index (κ2) is 6.62. The molecule has 0 aliphatic heterocycles. The molecule has 3 rings (SSSR count). The van der Waals surface area contributed by atoms with Gasteiger partial charge in [0.15, 0.2) is 0 Å². The standard InChI is InChI=1S/C14H10N6O5/c15-13-12(18-25-19-13)14(21)17-16-7-8-5-6-11(24-8)9-3-1-2-4-10(9)20(22)23/h1-7H,(H2,15,19)(H,17,21). The SMILES string of the molecule is Nc1nonc1C(=O)NN=Cc1ccc(-c2ccccc2[N+](=O)[O-])o1. The van der Waals surface area contributed by atoms with Crippen molar-refractivity contribution in [3.05, 3.63) is 58.0 Å². The van der Waals surface area contributed by atoms with E-state index in [9.17, 15) is 14.9 Å². The van der Waals surface area contributed by atoms with Gasteiger partial charge >= 0.3 is 0 Å². The maximum atomic E-state index is 11.7. The van der Waals surface area contributed by atoms with Crippen LogP contribution in [0.3, 0.4) is 0 Å². The number of nitrogens with two attached hydrogens (primary N) is 1. The lowest BCUT2D eigenvalue weighted by Gasteiger charge is -1.98. The summed E-state index contributed by atoms with van der Waals surface area (Å²) >= 11 is 0. The minimum absolute atomic E-state index is 0.0809. The molecule has 0 unspecified atom stereocenters. The van der Waals surface area contributed by atoms with Gasteiger partial charge in [0, 0.05) is 6.07 Å². The topological polar surface area (TPSA) is 163 Å². The van der Waals surface area contributed by atoms with Crippen LogP contribution in [0.5, 0.6) is 0 Å². The molecule has 0 aliphatic rings. The Morgan fingerprint density at radius 2 is 2.08 bits per heavy atom. The number of hydrogen-bond acceptors (Lipinski definition) is 9. The molecule has 11 nitrogen and oxygen atoms in total. The van der Waals surface area contributed by atoms with Gasteiger partial charge in [-0.3, -0.25) is 14.9 Å². The summed E-state index contributed by atoms with van der Waals surface area (Å²) in [6.45, 7) is 0. The van der Waals surface area contributed by atoms with Crippen LogP contribution in [0.25, 0.3) is 11.3 Å². The normalized spacial score (nSPS) is 10.9. The van der Waals surface area contributed by atoms with Crippen molar-refractivity contribution in [2.75, 3.05) is 5.73 Å². The first kappa shape index (κ1) is 15.9. The van der Waals surface area contributed by atoms with Crippen LogP contribution in [0.15, 0.2) is 50.5 Å². The second-order valence-corrected chi connectivity index (χ2v) is 4.67. The number of nitro groups is 1. The van der Waals surface area contributed by atoms with E-state index in [1.54, 1.807) is 30.3 Å². The third kappa shape index (κ3) is 3.34. The van der Waals surface area contributed by atoms with Gasteiger partial charge in [0.1, 0.15) is 11.5 Å². The third-order valence-electron chi connectivity index (χ3n) is 3.08. The van der Waals surface area contributed by atoms with Gasteiger partial charge in [-0.25, -0.2) is 10.1 Å². The van der Waals surface area contributed by atoms with Crippen LogP contribution in [0, 0.1) is 10.1 Å². The van der Waals surface area contributed by atoms with Gasteiger partial charge in [0.2, 0.25) is 11.5 Å². The fraction of sp³-hybridized carbons (Fsp3) is 0. The van der Waals surface area contributed by atoms with Crippen LogP contribution < -0.4 is 11.2 Å². The molecule has 0 atom stereocenters. The first-order valence-electron chi connectivity index (χ1n) is 6.81. The molecule has 0 spiro atoms. The molecule has 1 aromatic carbocycles. The van der Waals surface area contributed by atoms with Gasteiger partial charge in [-0.15, -0.1) is 0 Å². The monoisotopic (exact) mass is 342 g/mol. The summed E-state index contributed by atoms with van der Waals surface area (Å²) in [6.07, 6.45) is 1.22. The Bertz CT molecular complexity index is 960. The van der Waals surface area contributed by atoms with Gasteiger partial charge in [-0.2, -0.15) is 5.10 Å². The van der Waals surface area contributed by atoms with Crippen LogP contribution in [0.2, 0.25) is 0 Å². The maximum absolute atomic E-state index is 11.7. The third-order valence-corrected chi connectivity index (χ3v) is 3.08. The Morgan fingerprint density at radius 3 is 2.80 bits per heavy atom.